The summed E-state index contributed by atoms with van der Waals surface area (Å²) in [4.78, 5) is 3.90. The van der Waals surface area contributed by atoms with Crippen LogP contribution in [0.15, 0.2) is 23.2 Å². The minimum Gasteiger partial charge on any atom is -0.194 e. The second-order valence-corrected chi connectivity index (χ2v) is 2.65. The fourth-order valence-electron chi connectivity index (χ4n) is 1.20. The number of nitrogens with zero attached hydrogens (tertiary/aromatic N) is 2. The summed E-state index contributed by atoms with van der Waals surface area (Å²) in [6.07, 6.45) is 0.777. The van der Waals surface area contributed by atoms with E-state index in [1.54, 1.807) is 12.1 Å². The maximum absolute atomic E-state index is 8.80. The smallest absolute Gasteiger partial charge is 0.0995 e. The lowest BCUT2D eigenvalue weighted by Crippen LogP contribution is -1.87. The summed E-state index contributed by atoms with van der Waals surface area (Å²) >= 11 is 4.52. The molecule has 0 saturated carbocycles. The molecule has 0 saturated heterocycles. The molecule has 0 heterocycles. The van der Waals surface area contributed by atoms with E-state index in [4.69, 9.17) is 5.26 Å². The predicted molar refractivity (Wildman–Crippen MR) is 55.2 cm³/mol. The highest BCUT2D eigenvalue weighted by atomic mass is 32.1. The molecule has 0 unspecified atom stereocenters. The molecule has 2 nitrogen and oxygen atoms in total. The Bertz CT molecular complexity index is 398. The van der Waals surface area contributed by atoms with Gasteiger partial charge < -0.3 is 0 Å². The minimum atomic E-state index is 0.661. The van der Waals surface area contributed by atoms with E-state index in [1.807, 2.05) is 13.0 Å². The third kappa shape index (κ3) is 2.00. The summed E-state index contributed by atoms with van der Waals surface area (Å²) < 4.78 is 0. The van der Waals surface area contributed by atoms with Crippen LogP contribution in [0, 0.1) is 11.3 Å². The summed E-state index contributed by atoms with van der Waals surface area (Å²) in [6.45, 7) is 1.98. The van der Waals surface area contributed by atoms with E-state index in [0.29, 0.717) is 5.56 Å². The van der Waals surface area contributed by atoms with Crippen molar-refractivity contribution in [3.8, 4) is 6.07 Å². The molecule has 0 spiro atoms. The number of hydrogen-bond acceptors (Lipinski definition) is 3. The van der Waals surface area contributed by atoms with Gasteiger partial charge in [-0.05, 0) is 36.3 Å². The zero-order valence-electron chi connectivity index (χ0n) is 7.24. The van der Waals surface area contributed by atoms with Crippen molar-refractivity contribution < 1.29 is 0 Å². The Hall–Kier alpha value is -1.49. The number of isothiocyanates is 1. The van der Waals surface area contributed by atoms with Gasteiger partial charge in [0.15, 0.2) is 0 Å². The number of nitriles is 1. The molecule has 0 radical (unpaired) electrons. The highest BCUT2D eigenvalue weighted by molar-refractivity contribution is 7.78. The third-order valence-corrected chi connectivity index (χ3v) is 1.88. The lowest BCUT2D eigenvalue weighted by atomic mass is 10.0. The van der Waals surface area contributed by atoms with Crippen LogP contribution < -0.4 is 0 Å². The van der Waals surface area contributed by atoms with Gasteiger partial charge in [-0.1, -0.05) is 13.0 Å². The van der Waals surface area contributed by atoms with E-state index in [1.165, 1.54) is 0 Å². The van der Waals surface area contributed by atoms with Crippen LogP contribution >= 0.6 is 12.2 Å². The predicted octanol–water partition coefficient (Wildman–Crippen LogP) is 2.85. The summed E-state index contributed by atoms with van der Waals surface area (Å²) in [5.41, 5.74) is 2.34. The molecular formula is C10H8N2S. The minimum absolute atomic E-state index is 0.661. The molecule has 0 N–H and O–H groups in total. The molecule has 0 aliphatic carbocycles. The van der Waals surface area contributed by atoms with Crippen LogP contribution in [-0.2, 0) is 6.42 Å². The van der Waals surface area contributed by atoms with Crippen LogP contribution in [0.1, 0.15) is 18.1 Å². The van der Waals surface area contributed by atoms with E-state index in [9.17, 15) is 0 Å². The number of thiocarbonyl (C=S) groups is 1. The van der Waals surface area contributed by atoms with Gasteiger partial charge in [0.25, 0.3) is 0 Å². The molecular weight excluding hydrogens is 180 g/mol. The molecule has 64 valence electrons. The van der Waals surface area contributed by atoms with Crippen molar-refractivity contribution in [1.29, 1.82) is 5.26 Å². The number of benzene rings is 1. The van der Waals surface area contributed by atoms with E-state index in [2.05, 4.69) is 28.4 Å². The fourth-order valence-corrected chi connectivity index (χ4v) is 1.30. The zero-order valence-corrected chi connectivity index (χ0v) is 8.06. The largest absolute Gasteiger partial charge is 0.194 e. The Kier molecular flexibility index (Phi) is 3.33. The Morgan fingerprint density at radius 2 is 2.31 bits per heavy atom. The van der Waals surface area contributed by atoms with E-state index >= 15 is 0 Å². The average Bonchev–Trinajstić information content (AvgIpc) is 2.18. The maximum atomic E-state index is 8.80. The molecule has 0 fully saturated rings. The highest BCUT2D eigenvalue weighted by Crippen LogP contribution is 2.22. The van der Waals surface area contributed by atoms with Crippen molar-refractivity contribution in [2.45, 2.75) is 13.3 Å². The summed E-state index contributed by atoms with van der Waals surface area (Å²) in [5.74, 6) is 0. The van der Waals surface area contributed by atoms with E-state index in [0.717, 1.165) is 17.7 Å². The van der Waals surface area contributed by atoms with Crippen molar-refractivity contribution >= 4 is 23.1 Å². The molecule has 0 aliphatic heterocycles. The lowest BCUT2D eigenvalue weighted by molar-refractivity contribution is 1.12. The molecule has 3 heteroatoms. The quantitative estimate of drug-likeness (QED) is 0.528. The second-order valence-electron chi connectivity index (χ2n) is 2.47. The van der Waals surface area contributed by atoms with Crippen molar-refractivity contribution in [2.24, 2.45) is 4.99 Å². The normalized spacial score (nSPS) is 8.62. The molecule has 0 bridgehead atoms. The van der Waals surface area contributed by atoms with Crippen LogP contribution in [0.25, 0.3) is 0 Å². The monoisotopic (exact) mass is 188 g/mol. The van der Waals surface area contributed by atoms with E-state index < -0.39 is 0 Å². The standard InChI is InChI=1S/C10H8N2S/c1-2-9-8(6-11)4-3-5-10(9)12-7-13/h3-5H,2H2,1H3. The molecule has 1 rings (SSSR count). The lowest BCUT2D eigenvalue weighted by Gasteiger charge is -2.02. The van der Waals surface area contributed by atoms with Gasteiger partial charge in [0.2, 0.25) is 0 Å². The molecule has 0 aromatic heterocycles. The molecule has 1 aromatic carbocycles. The zero-order chi connectivity index (χ0) is 9.68. The third-order valence-electron chi connectivity index (χ3n) is 1.79. The van der Waals surface area contributed by atoms with Crippen LogP contribution in [0.4, 0.5) is 5.69 Å². The van der Waals surface area contributed by atoms with Gasteiger partial charge >= 0.3 is 0 Å². The van der Waals surface area contributed by atoms with Gasteiger partial charge in [0, 0.05) is 0 Å². The SMILES string of the molecule is CCc1c(C#N)cccc1N=C=S. The first-order chi connectivity index (χ1) is 6.33. The topological polar surface area (TPSA) is 36.1 Å². The van der Waals surface area contributed by atoms with Gasteiger partial charge in [-0.3, -0.25) is 0 Å². The van der Waals surface area contributed by atoms with Crippen LogP contribution in [0.3, 0.4) is 0 Å². The van der Waals surface area contributed by atoms with Gasteiger partial charge in [-0.25, -0.2) is 0 Å². The van der Waals surface area contributed by atoms with Crippen molar-refractivity contribution in [3.63, 3.8) is 0 Å². The Morgan fingerprint density at radius 3 is 2.85 bits per heavy atom. The van der Waals surface area contributed by atoms with Gasteiger partial charge in [-0.15, -0.1) is 0 Å². The molecule has 0 amide bonds. The van der Waals surface area contributed by atoms with Crippen LogP contribution in [0.5, 0.6) is 0 Å². The first-order valence-corrected chi connectivity index (χ1v) is 4.34. The Morgan fingerprint density at radius 1 is 1.54 bits per heavy atom. The summed E-state index contributed by atoms with van der Waals surface area (Å²) in [6, 6.07) is 7.53. The van der Waals surface area contributed by atoms with Crippen molar-refractivity contribution in [1.82, 2.24) is 0 Å². The van der Waals surface area contributed by atoms with Crippen molar-refractivity contribution in [2.75, 3.05) is 0 Å². The fraction of sp³-hybridized carbons (Fsp3) is 0.200. The van der Waals surface area contributed by atoms with Gasteiger partial charge in [0.1, 0.15) is 0 Å². The Labute approximate surface area is 82.5 Å². The van der Waals surface area contributed by atoms with Crippen molar-refractivity contribution in [3.05, 3.63) is 29.3 Å². The molecule has 13 heavy (non-hydrogen) atoms. The van der Waals surface area contributed by atoms with E-state index in [-0.39, 0.29) is 0 Å². The molecule has 0 atom stereocenters. The van der Waals surface area contributed by atoms with Crippen LogP contribution in [0.2, 0.25) is 0 Å². The number of aliphatic imine (C=N–C) groups is 1. The average molecular weight is 188 g/mol. The number of rotatable bonds is 2. The molecule has 1 aromatic rings. The van der Waals surface area contributed by atoms with Crippen LogP contribution in [-0.4, -0.2) is 5.16 Å². The first kappa shape index (κ1) is 9.60. The molecule has 0 aliphatic rings. The summed E-state index contributed by atoms with van der Waals surface area (Å²) in [5, 5.41) is 11.1. The summed E-state index contributed by atoms with van der Waals surface area (Å²) in [7, 11) is 0. The first-order valence-electron chi connectivity index (χ1n) is 3.93. The second kappa shape index (κ2) is 4.51. The van der Waals surface area contributed by atoms with Gasteiger partial charge in [0.05, 0.1) is 22.5 Å². The Balaban J connectivity index is 3.37. The number of hydrogen-bond donors (Lipinski definition) is 0. The maximum Gasteiger partial charge on any atom is 0.0995 e. The van der Waals surface area contributed by atoms with Gasteiger partial charge in [-0.2, -0.15) is 10.3 Å². The highest BCUT2D eigenvalue weighted by Gasteiger charge is 2.03.